The lowest BCUT2D eigenvalue weighted by Gasteiger charge is -2.19. The van der Waals surface area contributed by atoms with Crippen LogP contribution >= 0.6 is 0 Å². The van der Waals surface area contributed by atoms with Crippen LogP contribution in [0.1, 0.15) is 12.0 Å². The van der Waals surface area contributed by atoms with Gasteiger partial charge in [-0.05, 0) is 12.1 Å². The van der Waals surface area contributed by atoms with Gasteiger partial charge in [-0.25, -0.2) is 0 Å². The van der Waals surface area contributed by atoms with Crippen molar-refractivity contribution in [3.05, 3.63) is 33.9 Å². The summed E-state index contributed by atoms with van der Waals surface area (Å²) in [6, 6.07) is 1.78. The molecule has 0 bridgehead atoms. The molecule has 1 aromatic carbocycles. The summed E-state index contributed by atoms with van der Waals surface area (Å²) < 4.78 is 74.1. The Hall–Kier alpha value is -2.53. The molecule has 12 heteroatoms. The summed E-state index contributed by atoms with van der Waals surface area (Å²) in [6.45, 7) is -1.74. The van der Waals surface area contributed by atoms with E-state index < -0.39 is 47.4 Å². The summed E-state index contributed by atoms with van der Waals surface area (Å²) in [5, 5.41) is 13.2. The number of hydrogen-bond acceptors (Lipinski definition) is 4. The first-order valence-corrected chi connectivity index (χ1v) is 6.71. The number of nitrogens with zero attached hydrogens (tertiary/aromatic N) is 2. The summed E-state index contributed by atoms with van der Waals surface area (Å²) in [7, 11) is 0.941. The van der Waals surface area contributed by atoms with Crippen LogP contribution in [0.5, 0.6) is 0 Å². The highest BCUT2D eigenvalue weighted by molar-refractivity contribution is 5.76. The monoisotopic (exact) mass is 373 g/mol. The average molecular weight is 373 g/mol. The smallest absolute Gasteiger partial charge is 0.379 e. The number of nitro benzene ring substituents is 1. The fourth-order valence-corrected chi connectivity index (χ4v) is 1.86. The van der Waals surface area contributed by atoms with E-state index in [0.29, 0.717) is 17.0 Å². The standard InChI is InChI=1S/C13H13F6N3O3/c1-21(7-12(14,15)16)11(23)4-5-20-9-3-2-8(13(17,18)19)6-10(9)22(24)25/h2-3,6,20H,4-5,7H2,1H3. The van der Waals surface area contributed by atoms with Gasteiger partial charge in [0.2, 0.25) is 5.91 Å². The van der Waals surface area contributed by atoms with Gasteiger partial charge < -0.3 is 10.2 Å². The van der Waals surface area contributed by atoms with Crippen molar-refractivity contribution in [3.8, 4) is 0 Å². The van der Waals surface area contributed by atoms with Crippen molar-refractivity contribution in [2.24, 2.45) is 0 Å². The molecule has 140 valence electrons. The van der Waals surface area contributed by atoms with Crippen molar-refractivity contribution in [1.82, 2.24) is 4.90 Å². The average Bonchev–Trinajstić information content (AvgIpc) is 2.44. The molecule has 25 heavy (non-hydrogen) atoms. The minimum Gasteiger partial charge on any atom is -0.379 e. The highest BCUT2D eigenvalue weighted by Gasteiger charge is 2.33. The van der Waals surface area contributed by atoms with Crippen molar-refractivity contribution in [3.63, 3.8) is 0 Å². The van der Waals surface area contributed by atoms with Gasteiger partial charge in [0.1, 0.15) is 12.2 Å². The molecule has 0 aromatic heterocycles. The first-order valence-electron chi connectivity index (χ1n) is 6.71. The lowest BCUT2D eigenvalue weighted by atomic mass is 10.1. The molecule has 0 unspecified atom stereocenters. The number of rotatable bonds is 6. The minimum absolute atomic E-state index is 0.274. The van der Waals surface area contributed by atoms with Gasteiger partial charge in [-0.2, -0.15) is 26.3 Å². The third kappa shape index (κ3) is 6.47. The zero-order chi connectivity index (χ0) is 19.4. The van der Waals surface area contributed by atoms with Gasteiger partial charge in [-0.1, -0.05) is 0 Å². The third-order valence-corrected chi connectivity index (χ3v) is 3.02. The normalized spacial score (nSPS) is 12.0. The molecule has 1 rings (SSSR count). The van der Waals surface area contributed by atoms with Crippen LogP contribution in [0.4, 0.5) is 37.7 Å². The molecular formula is C13H13F6N3O3. The Morgan fingerprint density at radius 2 is 1.84 bits per heavy atom. The van der Waals surface area contributed by atoms with Crippen LogP contribution in [-0.2, 0) is 11.0 Å². The molecule has 0 spiro atoms. The number of amides is 1. The highest BCUT2D eigenvalue weighted by atomic mass is 19.4. The maximum absolute atomic E-state index is 12.6. The van der Waals surface area contributed by atoms with Gasteiger partial charge in [0, 0.05) is 26.1 Å². The van der Waals surface area contributed by atoms with E-state index in [1.807, 2.05) is 0 Å². The second-order valence-corrected chi connectivity index (χ2v) is 5.03. The number of hydrogen-bond donors (Lipinski definition) is 1. The Balaban J connectivity index is 2.74. The van der Waals surface area contributed by atoms with Gasteiger partial charge in [0.25, 0.3) is 5.69 Å². The van der Waals surface area contributed by atoms with E-state index in [-0.39, 0.29) is 12.2 Å². The first-order chi connectivity index (χ1) is 11.3. The van der Waals surface area contributed by atoms with Crippen molar-refractivity contribution in [2.75, 3.05) is 25.5 Å². The number of carbonyl (C=O) groups excluding carboxylic acids is 1. The van der Waals surface area contributed by atoms with E-state index in [4.69, 9.17) is 0 Å². The van der Waals surface area contributed by atoms with Crippen LogP contribution in [-0.4, -0.2) is 42.0 Å². The number of nitrogens with one attached hydrogen (secondary N) is 1. The Kier molecular flexibility index (Phi) is 6.21. The molecule has 0 saturated heterocycles. The number of nitro groups is 1. The predicted molar refractivity (Wildman–Crippen MR) is 74.9 cm³/mol. The quantitative estimate of drug-likeness (QED) is 0.471. The second kappa shape index (κ2) is 7.57. The lowest BCUT2D eigenvalue weighted by Crippen LogP contribution is -2.36. The molecular weight excluding hydrogens is 360 g/mol. The molecule has 0 atom stereocenters. The molecule has 0 fully saturated rings. The molecule has 1 amide bonds. The van der Waals surface area contributed by atoms with Crippen LogP contribution in [0.3, 0.4) is 0 Å². The Bertz CT molecular complexity index is 645. The molecule has 1 aromatic rings. The van der Waals surface area contributed by atoms with Crippen molar-refractivity contribution in [2.45, 2.75) is 18.8 Å². The number of benzene rings is 1. The van der Waals surface area contributed by atoms with Crippen LogP contribution in [0.2, 0.25) is 0 Å². The van der Waals surface area contributed by atoms with E-state index >= 15 is 0 Å². The zero-order valence-corrected chi connectivity index (χ0v) is 12.7. The molecule has 1 N–H and O–H groups in total. The Labute approximate surface area is 137 Å². The summed E-state index contributed by atoms with van der Waals surface area (Å²) in [5.74, 6) is -0.876. The first kappa shape index (κ1) is 20.5. The van der Waals surface area contributed by atoms with E-state index in [9.17, 15) is 41.3 Å². The molecule has 0 aliphatic carbocycles. The Morgan fingerprint density at radius 3 is 2.32 bits per heavy atom. The van der Waals surface area contributed by atoms with E-state index in [0.717, 1.165) is 13.1 Å². The van der Waals surface area contributed by atoms with Crippen LogP contribution in [0, 0.1) is 10.1 Å². The lowest BCUT2D eigenvalue weighted by molar-refractivity contribution is -0.384. The van der Waals surface area contributed by atoms with Crippen LogP contribution < -0.4 is 5.32 Å². The van der Waals surface area contributed by atoms with Crippen LogP contribution in [0.15, 0.2) is 18.2 Å². The number of carbonyl (C=O) groups is 1. The highest BCUT2D eigenvalue weighted by Crippen LogP contribution is 2.34. The second-order valence-electron chi connectivity index (χ2n) is 5.03. The molecule has 0 radical (unpaired) electrons. The third-order valence-electron chi connectivity index (χ3n) is 3.02. The van der Waals surface area contributed by atoms with Gasteiger partial charge >= 0.3 is 12.4 Å². The number of alkyl halides is 6. The number of anilines is 1. The predicted octanol–water partition coefficient (Wildman–Crippen LogP) is 3.44. The summed E-state index contributed by atoms with van der Waals surface area (Å²) in [6.07, 6.45) is -9.76. The maximum Gasteiger partial charge on any atom is 0.416 e. The van der Waals surface area contributed by atoms with E-state index in [2.05, 4.69) is 5.32 Å². The van der Waals surface area contributed by atoms with E-state index in [1.54, 1.807) is 0 Å². The van der Waals surface area contributed by atoms with Gasteiger partial charge in [0.05, 0.1) is 10.5 Å². The molecule has 0 aliphatic heterocycles. The van der Waals surface area contributed by atoms with Crippen LogP contribution in [0.25, 0.3) is 0 Å². The molecule has 6 nitrogen and oxygen atoms in total. The Morgan fingerprint density at radius 1 is 1.24 bits per heavy atom. The fourth-order valence-electron chi connectivity index (χ4n) is 1.86. The fraction of sp³-hybridized carbons (Fsp3) is 0.462. The minimum atomic E-state index is -4.76. The van der Waals surface area contributed by atoms with Crippen molar-refractivity contribution >= 4 is 17.3 Å². The maximum atomic E-state index is 12.6. The molecule has 0 aliphatic rings. The SMILES string of the molecule is CN(CC(F)(F)F)C(=O)CCNc1ccc(C(F)(F)F)cc1[N+](=O)[O-]. The van der Waals surface area contributed by atoms with Crippen molar-refractivity contribution in [1.29, 1.82) is 0 Å². The largest absolute Gasteiger partial charge is 0.416 e. The van der Waals surface area contributed by atoms with Gasteiger partial charge in [-0.3, -0.25) is 14.9 Å². The zero-order valence-electron chi connectivity index (χ0n) is 12.7. The number of halogens is 6. The molecule has 0 heterocycles. The van der Waals surface area contributed by atoms with Crippen molar-refractivity contribution < 1.29 is 36.1 Å². The molecule has 0 saturated carbocycles. The summed E-state index contributed by atoms with van der Waals surface area (Å²) >= 11 is 0. The van der Waals surface area contributed by atoms with Gasteiger partial charge in [0.15, 0.2) is 0 Å². The topological polar surface area (TPSA) is 75.5 Å². The van der Waals surface area contributed by atoms with E-state index in [1.165, 1.54) is 0 Å². The summed E-state index contributed by atoms with van der Waals surface area (Å²) in [5.41, 5.74) is -2.35. The summed E-state index contributed by atoms with van der Waals surface area (Å²) in [4.78, 5) is 21.8. The van der Waals surface area contributed by atoms with Gasteiger partial charge in [-0.15, -0.1) is 0 Å².